The molecule has 13 nitrogen and oxygen atoms in total. The van der Waals surface area contributed by atoms with Crippen molar-refractivity contribution in [3.63, 3.8) is 0 Å². The molecule has 5 heterocycles. The third-order valence-corrected chi connectivity index (χ3v) is 7.75. The van der Waals surface area contributed by atoms with E-state index in [0.717, 1.165) is 62.0 Å². The summed E-state index contributed by atoms with van der Waals surface area (Å²) in [7, 11) is 0.244. The molecule has 5 aromatic rings. The van der Waals surface area contributed by atoms with Crippen molar-refractivity contribution < 1.29 is 13.2 Å². The summed E-state index contributed by atoms with van der Waals surface area (Å²) in [5.74, 6) is 1.16. The van der Waals surface area contributed by atoms with E-state index in [4.69, 9.17) is 14.8 Å². The number of benzene rings is 1. The summed E-state index contributed by atoms with van der Waals surface area (Å²) in [5.41, 5.74) is 4.04. The highest BCUT2D eigenvalue weighted by Crippen LogP contribution is 2.34. The number of ether oxygens (including phenoxy) is 1. The fourth-order valence-electron chi connectivity index (χ4n) is 5.01. The van der Waals surface area contributed by atoms with E-state index < -0.39 is 10.0 Å². The number of rotatable bonds is 9. The molecular weight excluding hydrogens is 544 g/mol. The van der Waals surface area contributed by atoms with Crippen molar-refractivity contribution in [3.8, 4) is 22.7 Å². The lowest BCUT2D eigenvalue weighted by molar-refractivity contribution is 0.158. The second kappa shape index (κ2) is 11.0. The Balaban J connectivity index is 1.40. The molecule has 0 radical (unpaired) electrons. The smallest absolute Gasteiger partial charge is 0.229 e. The Kier molecular flexibility index (Phi) is 7.19. The molecule has 41 heavy (non-hydrogen) atoms. The Hall–Kier alpha value is -4.27. The molecule has 1 aromatic carbocycles. The number of anilines is 2. The van der Waals surface area contributed by atoms with Gasteiger partial charge in [-0.05, 0) is 31.3 Å². The van der Waals surface area contributed by atoms with Crippen LogP contribution in [0.15, 0.2) is 55.1 Å². The Bertz CT molecular complexity index is 1810. The number of nitrogens with zero attached hydrogens (tertiary/aromatic N) is 8. The van der Waals surface area contributed by atoms with Gasteiger partial charge in [-0.2, -0.15) is 5.10 Å². The number of hydrogen-bond acceptors (Lipinski definition) is 10. The predicted octanol–water partition coefficient (Wildman–Crippen LogP) is 2.17. The van der Waals surface area contributed by atoms with Gasteiger partial charge in [-0.1, -0.05) is 0 Å². The minimum atomic E-state index is -3.45. The minimum absolute atomic E-state index is 0.398. The maximum absolute atomic E-state index is 11.8. The van der Waals surface area contributed by atoms with E-state index in [-0.39, 0.29) is 0 Å². The van der Waals surface area contributed by atoms with Crippen LogP contribution in [0.25, 0.3) is 33.5 Å². The number of likely N-dealkylation sites (N-methyl/N-ethyl adjacent to an activating group) is 1. The van der Waals surface area contributed by atoms with Gasteiger partial charge in [0.1, 0.15) is 11.4 Å². The van der Waals surface area contributed by atoms with Gasteiger partial charge in [0, 0.05) is 63.9 Å². The van der Waals surface area contributed by atoms with Crippen molar-refractivity contribution in [3.05, 3.63) is 55.1 Å². The first-order valence-corrected chi connectivity index (χ1v) is 15.2. The van der Waals surface area contributed by atoms with Crippen LogP contribution in [-0.4, -0.2) is 107 Å². The van der Waals surface area contributed by atoms with E-state index in [1.165, 1.54) is 0 Å². The molecule has 214 valence electrons. The number of sulfonamides is 1. The molecule has 0 spiro atoms. The first-order valence-electron chi connectivity index (χ1n) is 13.3. The van der Waals surface area contributed by atoms with Crippen LogP contribution in [0.1, 0.15) is 0 Å². The highest BCUT2D eigenvalue weighted by atomic mass is 32.2. The van der Waals surface area contributed by atoms with Crippen molar-refractivity contribution in [1.82, 2.24) is 39.2 Å². The number of piperazine rings is 1. The minimum Gasteiger partial charge on any atom is -0.494 e. The van der Waals surface area contributed by atoms with Crippen LogP contribution in [0.3, 0.4) is 0 Å². The summed E-state index contributed by atoms with van der Waals surface area (Å²) in [4.78, 5) is 14.0. The highest BCUT2D eigenvalue weighted by Gasteiger charge is 2.20. The second-order valence-electron chi connectivity index (χ2n) is 10.1. The summed E-state index contributed by atoms with van der Waals surface area (Å²) in [5, 5.41) is 13.7. The van der Waals surface area contributed by atoms with Crippen molar-refractivity contribution in [2.24, 2.45) is 0 Å². The monoisotopic (exact) mass is 576 g/mol. The third-order valence-electron chi connectivity index (χ3n) is 7.15. The first kappa shape index (κ1) is 26.9. The lowest BCUT2D eigenvalue weighted by Crippen LogP contribution is -2.45. The topological polar surface area (TPSA) is 135 Å². The maximum atomic E-state index is 11.8. The molecule has 0 unspecified atom stereocenters. The third kappa shape index (κ3) is 5.66. The molecule has 0 bridgehead atoms. The SMILES string of the molecule is COc1cc(NS(C)(=O)=O)ccc1-n1nc(NCCN2CCN(C)CC2)c2cnc(-c3cnn4cccnc34)cc21. The van der Waals surface area contributed by atoms with E-state index in [9.17, 15) is 8.42 Å². The molecule has 6 rings (SSSR count). The summed E-state index contributed by atoms with van der Waals surface area (Å²) < 4.78 is 35.3. The van der Waals surface area contributed by atoms with Crippen molar-refractivity contribution in [2.75, 3.05) is 69.7 Å². The Labute approximate surface area is 237 Å². The van der Waals surface area contributed by atoms with Gasteiger partial charge >= 0.3 is 0 Å². The van der Waals surface area contributed by atoms with Gasteiger partial charge in [-0.15, -0.1) is 5.10 Å². The van der Waals surface area contributed by atoms with Gasteiger partial charge in [-0.25, -0.2) is 22.6 Å². The molecule has 2 N–H and O–H groups in total. The average Bonchev–Trinajstić information content (AvgIpc) is 3.55. The fourth-order valence-corrected chi connectivity index (χ4v) is 5.57. The van der Waals surface area contributed by atoms with Crippen LogP contribution in [-0.2, 0) is 10.0 Å². The Morgan fingerprint density at radius 1 is 1.07 bits per heavy atom. The Morgan fingerprint density at radius 2 is 1.90 bits per heavy atom. The standard InChI is InChI=1S/C27H32N10O3S/c1-34-11-13-35(14-12-34)10-8-28-26-21-17-30-22(20-18-31-36-9-4-7-29-27(20)36)16-24(21)37(32-26)23-6-5-19(15-25(23)40-2)33-41(3,38)39/h4-7,9,15-18,33H,8,10-14H2,1-3H3,(H,28,32). The van der Waals surface area contributed by atoms with E-state index in [0.29, 0.717) is 34.3 Å². The number of hydrogen-bond donors (Lipinski definition) is 2. The number of fused-ring (bicyclic) bond motifs is 2. The molecule has 0 aliphatic carbocycles. The zero-order chi connectivity index (χ0) is 28.6. The van der Waals surface area contributed by atoms with Crippen molar-refractivity contribution in [2.45, 2.75) is 0 Å². The molecule has 1 aliphatic heterocycles. The van der Waals surface area contributed by atoms with E-state index in [1.54, 1.807) is 46.9 Å². The molecule has 1 fully saturated rings. The van der Waals surface area contributed by atoms with Crippen LogP contribution < -0.4 is 14.8 Å². The summed E-state index contributed by atoms with van der Waals surface area (Å²) in [6.07, 6.45) is 8.23. The number of aromatic nitrogens is 6. The summed E-state index contributed by atoms with van der Waals surface area (Å²) >= 11 is 0. The normalized spacial score (nSPS) is 15.0. The molecule has 1 saturated heterocycles. The zero-order valence-electron chi connectivity index (χ0n) is 23.1. The molecule has 1 aliphatic rings. The molecule has 0 saturated carbocycles. The molecular formula is C27H32N10O3S. The van der Waals surface area contributed by atoms with Gasteiger partial charge in [0.15, 0.2) is 11.5 Å². The predicted molar refractivity (Wildman–Crippen MR) is 158 cm³/mol. The number of pyridine rings is 1. The molecule has 14 heteroatoms. The fraction of sp³-hybridized carbons (Fsp3) is 0.333. The van der Waals surface area contributed by atoms with Crippen molar-refractivity contribution in [1.29, 1.82) is 0 Å². The summed E-state index contributed by atoms with van der Waals surface area (Å²) in [6, 6.07) is 8.89. The van der Waals surface area contributed by atoms with Gasteiger partial charge in [0.25, 0.3) is 0 Å². The summed E-state index contributed by atoms with van der Waals surface area (Å²) in [6.45, 7) is 5.83. The highest BCUT2D eigenvalue weighted by molar-refractivity contribution is 7.92. The molecule has 4 aromatic heterocycles. The molecule has 0 amide bonds. The van der Waals surface area contributed by atoms with Crippen LogP contribution in [0.4, 0.5) is 11.5 Å². The van der Waals surface area contributed by atoms with Gasteiger partial charge in [0.2, 0.25) is 10.0 Å². The Morgan fingerprint density at radius 3 is 2.68 bits per heavy atom. The zero-order valence-corrected chi connectivity index (χ0v) is 24.0. The van der Waals surface area contributed by atoms with Crippen LogP contribution in [0.5, 0.6) is 5.75 Å². The van der Waals surface area contributed by atoms with Crippen LogP contribution in [0.2, 0.25) is 0 Å². The van der Waals surface area contributed by atoms with Gasteiger partial charge < -0.3 is 15.0 Å². The van der Waals surface area contributed by atoms with Crippen molar-refractivity contribution >= 4 is 38.1 Å². The average molecular weight is 577 g/mol. The lowest BCUT2D eigenvalue weighted by atomic mass is 10.2. The van der Waals surface area contributed by atoms with Crippen LogP contribution >= 0.6 is 0 Å². The van der Waals surface area contributed by atoms with Crippen LogP contribution in [0, 0.1) is 0 Å². The second-order valence-corrected chi connectivity index (χ2v) is 11.9. The maximum Gasteiger partial charge on any atom is 0.229 e. The van der Waals surface area contributed by atoms with E-state index >= 15 is 0 Å². The first-order chi connectivity index (χ1) is 19.8. The van der Waals surface area contributed by atoms with E-state index in [2.05, 4.69) is 37.0 Å². The molecule has 0 atom stereocenters. The van der Waals surface area contributed by atoms with Gasteiger partial charge in [0.05, 0.1) is 47.4 Å². The number of methoxy groups -OCH3 is 1. The quantitative estimate of drug-likeness (QED) is 0.269. The number of nitrogens with one attached hydrogen (secondary N) is 2. The van der Waals surface area contributed by atoms with Gasteiger partial charge in [-0.3, -0.25) is 14.6 Å². The van der Waals surface area contributed by atoms with E-state index in [1.807, 2.05) is 24.5 Å². The largest absolute Gasteiger partial charge is 0.494 e. The lowest BCUT2D eigenvalue weighted by Gasteiger charge is -2.32.